The van der Waals surface area contributed by atoms with Gasteiger partial charge in [0.2, 0.25) is 0 Å². The fourth-order valence-electron chi connectivity index (χ4n) is 2.37. The molecule has 0 heterocycles. The maximum Gasteiger partial charge on any atom is 0.404 e. The smallest absolute Gasteiger partial charge is 0.404 e. The van der Waals surface area contributed by atoms with E-state index in [1.165, 1.54) is 6.42 Å². The van der Waals surface area contributed by atoms with Gasteiger partial charge in [0.15, 0.2) is 0 Å². The molecule has 4 nitrogen and oxygen atoms in total. The zero-order valence-electron chi connectivity index (χ0n) is 9.70. The van der Waals surface area contributed by atoms with Gasteiger partial charge in [-0.15, -0.1) is 0 Å². The van der Waals surface area contributed by atoms with E-state index in [1.807, 2.05) is 0 Å². The first-order valence-corrected chi connectivity index (χ1v) is 5.83. The fourth-order valence-corrected chi connectivity index (χ4v) is 2.37. The number of hydrogen-bond acceptors (Lipinski definition) is 2. The summed E-state index contributed by atoms with van der Waals surface area (Å²) in [4.78, 5) is 12.9. The molecule has 1 aliphatic rings. The van der Waals surface area contributed by atoms with E-state index in [0.717, 1.165) is 32.2 Å². The molecule has 0 atom stereocenters. The third kappa shape index (κ3) is 4.08. The first-order valence-electron chi connectivity index (χ1n) is 5.83. The van der Waals surface area contributed by atoms with E-state index in [4.69, 9.17) is 5.11 Å². The van der Waals surface area contributed by atoms with Gasteiger partial charge >= 0.3 is 6.09 Å². The van der Waals surface area contributed by atoms with Gasteiger partial charge in [0.05, 0.1) is 0 Å². The summed E-state index contributed by atoms with van der Waals surface area (Å²) in [5.41, 5.74) is 0. The number of hydrogen-bond donors (Lipinski definition) is 2. The van der Waals surface area contributed by atoms with Crippen LogP contribution < -0.4 is 5.32 Å². The first-order chi connectivity index (χ1) is 7.13. The molecule has 0 radical (unpaired) electrons. The van der Waals surface area contributed by atoms with Crippen LogP contribution in [0.2, 0.25) is 0 Å². The van der Waals surface area contributed by atoms with E-state index in [2.05, 4.69) is 24.2 Å². The van der Waals surface area contributed by atoms with Crippen molar-refractivity contribution in [3.8, 4) is 0 Å². The summed E-state index contributed by atoms with van der Waals surface area (Å²) in [6.07, 6.45) is 4.48. The Kier molecular flexibility index (Phi) is 4.88. The molecule has 88 valence electrons. The van der Waals surface area contributed by atoms with Crippen LogP contribution in [0.5, 0.6) is 0 Å². The quantitative estimate of drug-likeness (QED) is 0.751. The standard InChI is InChI=1S/C11H22N2O2/c1-3-8-13(2)10-6-4-9(5-7-10)12-11(14)15/h9-10,12H,3-8H2,1-2H3,(H,14,15)/t9-,10+. The lowest BCUT2D eigenvalue weighted by Gasteiger charge is -2.34. The van der Waals surface area contributed by atoms with Crippen LogP contribution in [0.3, 0.4) is 0 Å². The third-order valence-corrected chi connectivity index (χ3v) is 3.22. The molecule has 0 unspecified atom stereocenters. The molecular formula is C11H22N2O2. The van der Waals surface area contributed by atoms with Gasteiger partial charge in [-0.1, -0.05) is 6.92 Å². The number of amides is 1. The summed E-state index contributed by atoms with van der Waals surface area (Å²) in [5.74, 6) is 0. The van der Waals surface area contributed by atoms with E-state index >= 15 is 0 Å². The molecule has 0 spiro atoms. The number of carbonyl (C=O) groups is 1. The van der Waals surface area contributed by atoms with Crippen molar-refractivity contribution < 1.29 is 9.90 Å². The summed E-state index contributed by atoms with van der Waals surface area (Å²) in [7, 11) is 2.17. The Balaban J connectivity index is 2.26. The second kappa shape index (κ2) is 5.95. The highest BCUT2D eigenvalue weighted by Crippen LogP contribution is 2.22. The summed E-state index contributed by atoms with van der Waals surface area (Å²) >= 11 is 0. The maximum absolute atomic E-state index is 10.5. The molecule has 15 heavy (non-hydrogen) atoms. The van der Waals surface area contributed by atoms with Crippen LogP contribution in [0.1, 0.15) is 39.0 Å². The lowest BCUT2D eigenvalue weighted by molar-refractivity contribution is 0.160. The number of nitrogens with zero attached hydrogens (tertiary/aromatic N) is 1. The second-order valence-corrected chi connectivity index (χ2v) is 4.44. The van der Waals surface area contributed by atoms with E-state index in [0.29, 0.717) is 6.04 Å². The van der Waals surface area contributed by atoms with Gasteiger partial charge in [-0.2, -0.15) is 0 Å². The molecule has 1 fully saturated rings. The van der Waals surface area contributed by atoms with Crippen molar-refractivity contribution in [2.45, 2.75) is 51.1 Å². The van der Waals surface area contributed by atoms with Crippen LogP contribution in [0.25, 0.3) is 0 Å². The first kappa shape index (κ1) is 12.3. The van der Waals surface area contributed by atoms with Crippen molar-refractivity contribution in [1.82, 2.24) is 10.2 Å². The summed E-state index contributed by atoms with van der Waals surface area (Å²) < 4.78 is 0. The lowest BCUT2D eigenvalue weighted by Crippen LogP contribution is -2.42. The highest BCUT2D eigenvalue weighted by Gasteiger charge is 2.24. The topological polar surface area (TPSA) is 52.6 Å². The van der Waals surface area contributed by atoms with Crippen molar-refractivity contribution in [1.29, 1.82) is 0 Å². The largest absolute Gasteiger partial charge is 0.465 e. The van der Waals surface area contributed by atoms with Crippen molar-refractivity contribution in [3.63, 3.8) is 0 Å². The molecule has 0 aromatic carbocycles. The molecule has 0 aliphatic heterocycles. The van der Waals surface area contributed by atoms with Crippen molar-refractivity contribution in [2.24, 2.45) is 0 Å². The monoisotopic (exact) mass is 214 g/mol. The highest BCUT2D eigenvalue weighted by atomic mass is 16.4. The minimum atomic E-state index is -0.889. The molecule has 1 saturated carbocycles. The number of carboxylic acid groups (broad SMARTS) is 1. The second-order valence-electron chi connectivity index (χ2n) is 4.44. The zero-order valence-corrected chi connectivity index (χ0v) is 9.70. The SMILES string of the molecule is CCCN(C)[C@H]1CC[C@@H](NC(=O)O)CC1. The van der Waals surface area contributed by atoms with Gasteiger partial charge in [0.25, 0.3) is 0 Å². The van der Waals surface area contributed by atoms with Crippen LogP contribution in [0, 0.1) is 0 Å². The molecule has 1 aliphatic carbocycles. The van der Waals surface area contributed by atoms with Gasteiger partial charge < -0.3 is 15.3 Å². The molecule has 4 heteroatoms. The Morgan fingerprint density at radius 2 is 2.00 bits per heavy atom. The molecular weight excluding hydrogens is 192 g/mol. The van der Waals surface area contributed by atoms with Crippen molar-refractivity contribution in [2.75, 3.05) is 13.6 Å². The average molecular weight is 214 g/mol. The van der Waals surface area contributed by atoms with Crippen LogP contribution in [0.15, 0.2) is 0 Å². The maximum atomic E-state index is 10.5. The summed E-state index contributed by atoms with van der Waals surface area (Å²) in [6, 6.07) is 0.825. The Hall–Kier alpha value is -0.770. The van der Waals surface area contributed by atoms with Crippen LogP contribution in [-0.4, -0.2) is 41.8 Å². The minimum absolute atomic E-state index is 0.175. The molecule has 1 amide bonds. The molecule has 0 aromatic heterocycles. The average Bonchev–Trinajstić information content (AvgIpc) is 2.18. The number of nitrogens with one attached hydrogen (secondary N) is 1. The van der Waals surface area contributed by atoms with Crippen molar-refractivity contribution >= 4 is 6.09 Å². The van der Waals surface area contributed by atoms with E-state index in [-0.39, 0.29) is 6.04 Å². The Labute approximate surface area is 91.6 Å². The Bertz CT molecular complexity index is 201. The normalized spacial score (nSPS) is 26.6. The van der Waals surface area contributed by atoms with E-state index in [1.54, 1.807) is 0 Å². The van der Waals surface area contributed by atoms with Gasteiger partial charge in [-0.25, -0.2) is 4.79 Å². The van der Waals surface area contributed by atoms with Gasteiger partial charge in [0.1, 0.15) is 0 Å². The molecule has 0 aromatic rings. The predicted molar refractivity (Wildman–Crippen MR) is 60.1 cm³/mol. The molecule has 0 bridgehead atoms. The highest BCUT2D eigenvalue weighted by molar-refractivity contribution is 5.64. The van der Waals surface area contributed by atoms with Gasteiger partial charge in [0, 0.05) is 12.1 Å². The van der Waals surface area contributed by atoms with Gasteiger partial charge in [-0.3, -0.25) is 0 Å². The van der Waals surface area contributed by atoms with E-state index < -0.39 is 6.09 Å². The summed E-state index contributed by atoms with van der Waals surface area (Å²) in [5, 5.41) is 11.2. The fraction of sp³-hybridized carbons (Fsp3) is 0.909. The number of rotatable bonds is 4. The van der Waals surface area contributed by atoms with Crippen LogP contribution >= 0.6 is 0 Å². The Morgan fingerprint density at radius 3 is 2.47 bits per heavy atom. The van der Waals surface area contributed by atoms with Crippen LogP contribution in [-0.2, 0) is 0 Å². The zero-order chi connectivity index (χ0) is 11.3. The molecule has 0 saturated heterocycles. The molecule has 2 N–H and O–H groups in total. The third-order valence-electron chi connectivity index (χ3n) is 3.22. The predicted octanol–water partition coefficient (Wildman–Crippen LogP) is 1.91. The van der Waals surface area contributed by atoms with Crippen LogP contribution in [0.4, 0.5) is 4.79 Å². The summed E-state index contributed by atoms with van der Waals surface area (Å²) in [6.45, 7) is 3.33. The van der Waals surface area contributed by atoms with Gasteiger partial charge in [-0.05, 0) is 45.7 Å². The van der Waals surface area contributed by atoms with E-state index in [9.17, 15) is 4.79 Å². The lowest BCUT2D eigenvalue weighted by atomic mass is 9.90. The van der Waals surface area contributed by atoms with Crippen molar-refractivity contribution in [3.05, 3.63) is 0 Å². The Morgan fingerprint density at radius 1 is 1.40 bits per heavy atom. The minimum Gasteiger partial charge on any atom is -0.465 e. The molecule has 1 rings (SSSR count).